The van der Waals surface area contributed by atoms with Gasteiger partial charge in [0.25, 0.3) is 0 Å². The molecule has 0 atom stereocenters. The van der Waals surface area contributed by atoms with Crippen LogP contribution < -0.4 is 11.1 Å². The molecule has 0 aromatic heterocycles. The Morgan fingerprint density at radius 2 is 2.07 bits per heavy atom. The fourth-order valence-electron chi connectivity index (χ4n) is 1.71. The average molecular weight is 201 g/mol. The summed E-state index contributed by atoms with van der Waals surface area (Å²) < 4.78 is 4.96. The summed E-state index contributed by atoms with van der Waals surface area (Å²) in [5, 5.41) is 3.35. The lowest BCUT2D eigenvalue weighted by Crippen LogP contribution is -2.42. The van der Waals surface area contributed by atoms with E-state index in [1.54, 1.807) is 7.11 Å². The molecule has 0 spiro atoms. The van der Waals surface area contributed by atoms with Crippen LogP contribution in [0.15, 0.2) is 0 Å². The van der Waals surface area contributed by atoms with Crippen molar-refractivity contribution in [2.24, 2.45) is 5.73 Å². The van der Waals surface area contributed by atoms with Gasteiger partial charge in [-0.2, -0.15) is 0 Å². The molecule has 0 radical (unpaired) electrons. The maximum absolute atomic E-state index is 5.83. The monoisotopic (exact) mass is 201 g/mol. The fraction of sp³-hybridized carbons (Fsp3) is 1.00. The maximum atomic E-state index is 5.83. The first kappa shape index (κ1) is 11.9. The van der Waals surface area contributed by atoms with Gasteiger partial charge in [-0.1, -0.05) is 0 Å². The molecule has 0 aromatic rings. The van der Waals surface area contributed by atoms with Crippen molar-refractivity contribution in [3.8, 4) is 0 Å². The molecule has 1 fully saturated rings. The topological polar surface area (TPSA) is 50.5 Å². The third-order valence-electron chi connectivity index (χ3n) is 2.72. The highest BCUT2D eigenvalue weighted by molar-refractivity contribution is 4.74. The van der Waals surface area contributed by atoms with Crippen LogP contribution in [0.25, 0.3) is 0 Å². The summed E-state index contributed by atoms with van der Waals surface area (Å²) in [6, 6.07) is 0.438. The Labute approximate surface area is 86.8 Å². The van der Waals surface area contributed by atoms with Crippen LogP contribution in [0.1, 0.15) is 12.8 Å². The molecule has 84 valence electrons. The standard InChI is InChI=1S/C10H23N3O/c1-14-9-5-12-4-8-13-6-2-10(11)3-7-13/h10,12H,2-9,11H2,1H3. The van der Waals surface area contributed by atoms with Crippen molar-refractivity contribution in [2.75, 3.05) is 46.4 Å². The molecular weight excluding hydrogens is 178 g/mol. The van der Waals surface area contributed by atoms with E-state index in [-0.39, 0.29) is 0 Å². The van der Waals surface area contributed by atoms with Gasteiger partial charge in [-0.05, 0) is 25.9 Å². The van der Waals surface area contributed by atoms with Crippen LogP contribution in [0.2, 0.25) is 0 Å². The van der Waals surface area contributed by atoms with E-state index in [0.717, 1.165) is 52.2 Å². The smallest absolute Gasteiger partial charge is 0.0587 e. The number of rotatable bonds is 6. The van der Waals surface area contributed by atoms with Gasteiger partial charge >= 0.3 is 0 Å². The highest BCUT2D eigenvalue weighted by atomic mass is 16.5. The van der Waals surface area contributed by atoms with Crippen molar-refractivity contribution in [3.05, 3.63) is 0 Å². The van der Waals surface area contributed by atoms with Crippen LogP contribution in [0.3, 0.4) is 0 Å². The average Bonchev–Trinajstić information content (AvgIpc) is 2.21. The van der Waals surface area contributed by atoms with Gasteiger partial charge in [-0.25, -0.2) is 0 Å². The van der Waals surface area contributed by atoms with Crippen LogP contribution in [0.4, 0.5) is 0 Å². The molecule has 0 aromatic carbocycles. The first-order valence-corrected chi connectivity index (χ1v) is 5.50. The van der Waals surface area contributed by atoms with Gasteiger partial charge in [0.1, 0.15) is 0 Å². The van der Waals surface area contributed by atoms with Crippen LogP contribution in [0.5, 0.6) is 0 Å². The van der Waals surface area contributed by atoms with Gasteiger partial charge in [0.15, 0.2) is 0 Å². The number of nitrogens with one attached hydrogen (secondary N) is 1. The molecule has 0 aliphatic carbocycles. The molecule has 0 unspecified atom stereocenters. The zero-order valence-corrected chi connectivity index (χ0v) is 9.17. The number of hydrogen-bond donors (Lipinski definition) is 2. The van der Waals surface area contributed by atoms with Gasteiger partial charge in [-0.15, -0.1) is 0 Å². The van der Waals surface area contributed by atoms with E-state index in [4.69, 9.17) is 10.5 Å². The van der Waals surface area contributed by atoms with Gasteiger partial charge in [0.05, 0.1) is 6.61 Å². The molecule has 1 aliphatic rings. The molecule has 4 nitrogen and oxygen atoms in total. The van der Waals surface area contributed by atoms with Crippen molar-refractivity contribution in [3.63, 3.8) is 0 Å². The van der Waals surface area contributed by atoms with Crippen molar-refractivity contribution in [1.29, 1.82) is 0 Å². The lowest BCUT2D eigenvalue weighted by atomic mass is 10.1. The molecular formula is C10H23N3O. The highest BCUT2D eigenvalue weighted by Crippen LogP contribution is 2.06. The molecule has 1 saturated heterocycles. The first-order valence-electron chi connectivity index (χ1n) is 5.50. The minimum Gasteiger partial charge on any atom is -0.383 e. The van der Waals surface area contributed by atoms with Gasteiger partial charge in [0.2, 0.25) is 0 Å². The zero-order valence-electron chi connectivity index (χ0n) is 9.17. The van der Waals surface area contributed by atoms with Gasteiger partial charge in [0, 0.05) is 32.8 Å². The molecule has 0 saturated carbocycles. The van der Waals surface area contributed by atoms with E-state index in [1.807, 2.05) is 0 Å². The van der Waals surface area contributed by atoms with Gasteiger partial charge in [-0.3, -0.25) is 0 Å². The second-order valence-corrected chi connectivity index (χ2v) is 3.92. The second kappa shape index (κ2) is 7.17. The van der Waals surface area contributed by atoms with E-state index in [9.17, 15) is 0 Å². The number of likely N-dealkylation sites (tertiary alicyclic amines) is 1. The number of methoxy groups -OCH3 is 1. The summed E-state index contributed by atoms with van der Waals surface area (Å²) in [4.78, 5) is 2.48. The maximum Gasteiger partial charge on any atom is 0.0587 e. The van der Waals surface area contributed by atoms with E-state index >= 15 is 0 Å². The predicted molar refractivity (Wildman–Crippen MR) is 58.4 cm³/mol. The minimum absolute atomic E-state index is 0.438. The number of ether oxygens (including phenoxy) is 1. The van der Waals surface area contributed by atoms with E-state index in [1.165, 1.54) is 0 Å². The Morgan fingerprint density at radius 3 is 2.71 bits per heavy atom. The SMILES string of the molecule is COCCNCCN1CCC(N)CC1. The van der Waals surface area contributed by atoms with E-state index in [0.29, 0.717) is 6.04 Å². The summed E-state index contributed by atoms with van der Waals surface area (Å²) in [6.07, 6.45) is 2.30. The summed E-state index contributed by atoms with van der Waals surface area (Å²) >= 11 is 0. The van der Waals surface area contributed by atoms with Crippen LogP contribution in [-0.4, -0.2) is 57.4 Å². The molecule has 4 heteroatoms. The van der Waals surface area contributed by atoms with Crippen molar-refractivity contribution in [1.82, 2.24) is 10.2 Å². The zero-order chi connectivity index (χ0) is 10.2. The Balaban J connectivity index is 1.91. The second-order valence-electron chi connectivity index (χ2n) is 3.92. The van der Waals surface area contributed by atoms with Crippen LogP contribution in [0, 0.1) is 0 Å². The van der Waals surface area contributed by atoms with Crippen molar-refractivity contribution < 1.29 is 4.74 Å². The normalized spacial score (nSPS) is 20.1. The summed E-state index contributed by atoms with van der Waals surface area (Å²) in [6.45, 7) is 6.25. The fourth-order valence-corrected chi connectivity index (χ4v) is 1.71. The Bertz CT molecular complexity index is 135. The van der Waals surface area contributed by atoms with Crippen LogP contribution >= 0.6 is 0 Å². The molecule has 3 N–H and O–H groups in total. The van der Waals surface area contributed by atoms with E-state index < -0.39 is 0 Å². The molecule has 1 aliphatic heterocycles. The predicted octanol–water partition coefficient (Wildman–Crippen LogP) is -0.354. The van der Waals surface area contributed by atoms with Crippen LogP contribution in [-0.2, 0) is 4.74 Å². The minimum atomic E-state index is 0.438. The Kier molecular flexibility index (Phi) is 6.10. The van der Waals surface area contributed by atoms with Crippen molar-refractivity contribution >= 4 is 0 Å². The third kappa shape index (κ3) is 4.91. The molecule has 14 heavy (non-hydrogen) atoms. The number of nitrogens with zero attached hydrogens (tertiary/aromatic N) is 1. The lowest BCUT2D eigenvalue weighted by Gasteiger charge is -2.29. The number of piperidine rings is 1. The molecule has 1 heterocycles. The van der Waals surface area contributed by atoms with Crippen molar-refractivity contribution in [2.45, 2.75) is 18.9 Å². The largest absolute Gasteiger partial charge is 0.383 e. The number of nitrogens with two attached hydrogens (primary N) is 1. The number of hydrogen-bond acceptors (Lipinski definition) is 4. The van der Waals surface area contributed by atoms with E-state index in [2.05, 4.69) is 10.2 Å². The summed E-state index contributed by atoms with van der Waals surface area (Å²) in [7, 11) is 1.73. The molecule has 1 rings (SSSR count). The Hall–Kier alpha value is -0.160. The first-order chi connectivity index (χ1) is 6.83. The highest BCUT2D eigenvalue weighted by Gasteiger charge is 2.14. The summed E-state index contributed by atoms with van der Waals surface area (Å²) in [5.41, 5.74) is 5.83. The molecule has 0 amide bonds. The summed E-state index contributed by atoms with van der Waals surface area (Å²) in [5.74, 6) is 0. The quantitative estimate of drug-likeness (QED) is 0.577. The molecule has 0 bridgehead atoms. The van der Waals surface area contributed by atoms with Gasteiger partial charge < -0.3 is 20.7 Å². The lowest BCUT2D eigenvalue weighted by molar-refractivity contribution is 0.190. The third-order valence-corrected chi connectivity index (χ3v) is 2.72. The Morgan fingerprint density at radius 1 is 1.36 bits per heavy atom.